The first-order valence-electron chi connectivity index (χ1n) is 11.4. The zero-order chi connectivity index (χ0) is 24.4. The minimum absolute atomic E-state index is 0.234. The number of nitrogens with one attached hydrogen (secondary N) is 1. The van der Waals surface area contributed by atoms with Gasteiger partial charge in [-0.1, -0.05) is 36.8 Å². The smallest absolute Gasteiger partial charge is 0.220 e. The molecule has 0 spiro atoms. The van der Waals surface area contributed by atoms with E-state index < -0.39 is 55.6 Å². The minimum atomic E-state index is -1.61. The van der Waals surface area contributed by atoms with Gasteiger partial charge in [-0.2, -0.15) is 0 Å². The summed E-state index contributed by atoms with van der Waals surface area (Å²) in [5.74, 6) is -0.322. The Hall–Kier alpha value is -1.63. The maximum atomic E-state index is 12.4. The van der Waals surface area contributed by atoms with Gasteiger partial charge in [0.2, 0.25) is 5.91 Å². The minimum Gasteiger partial charge on any atom is -0.394 e. The molecule has 8 atom stereocenters. The van der Waals surface area contributed by atoms with Crippen molar-refractivity contribution in [1.29, 1.82) is 0 Å². The molecule has 0 radical (unpaired) electrons. The average molecular weight is 472 g/mol. The van der Waals surface area contributed by atoms with Crippen LogP contribution in [0.3, 0.4) is 0 Å². The number of ether oxygens (including phenoxy) is 2. The molecule has 10 heteroatoms. The van der Waals surface area contributed by atoms with Crippen molar-refractivity contribution in [3.05, 3.63) is 35.9 Å². The molecule has 1 fully saturated rings. The van der Waals surface area contributed by atoms with Crippen LogP contribution in [0, 0.1) is 0 Å². The third kappa shape index (κ3) is 8.58. The molecule has 1 aromatic carbocycles. The molecule has 1 heterocycles. The summed E-state index contributed by atoms with van der Waals surface area (Å²) in [5, 5.41) is 61.7. The van der Waals surface area contributed by atoms with E-state index in [0.29, 0.717) is 6.42 Å². The zero-order valence-electron chi connectivity index (χ0n) is 18.9. The van der Waals surface area contributed by atoms with Crippen molar-refractivity contribution >= 4 is 5.91 Å². The summed E-state index contributed by atoms with van der Waals surface area (Å²) < 4.78 is 10.7. The van der Waals surface area contributed by atoms with Crippen LogP contribution in [0.5, 0.6) is 0 Å². The van der Waals surface area contributed by atoms with Gasteiger partial charge in [0.25, 0.3) is 0 Å². The number of carbonyl (C=O) groups is 1. The molecule has 2 rings (SSSR count). The van der Waals surface area contributed by atoms with Gasteiger partial charge in [0, 0.05) is 6.42 Å². The third-order valence-corrected chi connectivity index (χ3v) is 5.75. The number of aliphatic hydroxyl groups is 6. The normalized spacial score (nSPS) is 28.2. The van der Waals surface area contributed by atoms with E-state index in [1.807, 2.05) is 18.2 Å². The van der Waals surface area contributed by atoms with E-state index in [0.717, 1.165) is 19.3 Å². The second-order valence-corrected chi connectivity index (χ2v) is 8.48. The number of carbonyl (C=O) groups excluding carboxylic acids is 1. The predicted octanol–water partition coefficient (Wildman–Crippen LogP) is -1.17. The molecule has 1 aromatic rings. The standard InChI is InChI=1S/C23H37NO9/c1-14(26)19(28)16(13-32-23-22(31)21(30)20(29)17(12-25)33-23)24-18(27)11-7-3-6-10-15-8-4-2-5-9-15/h2,4-5,8-9,14,16-17,19-23,25-26,28-31H,3,6-7,10-13H2,1H3,(H,24,27)/t14-,16+,17?,19-,20?,21?,22+,23?/m1/s1. The number of aliphatic hydroxyl groups excluding tert-OH is 6. The van der Waals surface area contributed by atoms with Crippen LogP contribution < -0.4 is 5.32 Å². The van der Waals surface area contributed by atoms with E-state index in [4.69, 9.17) is 9.47 Å². The second-order valence-electron chi connectivity index (χ2n) is 8.48. The predicted molar refractivity (Wildman–Crippen MR) is 118 cm³/mol. The first-order valence-corrected chi connectivity index (χ1v) is 11.4. The molecule has 0 bridgehead atoms. The van der Waals surface area contributed by atoms with Crippen molar-refractivity contribution in [2.24, 2.45) is 0 Å². The highest BCUT2D eigenvalue weighted by molar-refractivity contribution is 5.76. The molecule has 33 heavy (non-hydrogen) atoms. The molecule has 1 aliphatic heterocycles. The quantitative estimate of drug-likeness (QED) is 0.175. The van der Waals surface area contributed by atoms with Crippen LogP contribution in [0.2, 0.25) is 0 Å². The van der Waals surface area contributed by atoms with Crippen molar-refractivity contribution in [2.45, 2.75) is 88.0 Å². The molecular weight excluding hydrogens is 434 g/mol. The molecular formula is C23H37NO9. The summed E-state index contributed by atoms with van der Waals surface area (Å²) in [6, 6.07) is 9.06. The van der Waals surface area contributed by atoms with Gasteiger partial charge in [0.05, 0.1) is 25.4 Å². The highest BCUT2D eigenvalue weighted by atomic mass is 16.7. The topological polar surface area (TPSA) is 169 Å². The molecule has 10 nitrogen and oxygen atoms in total. The molecule has 0 aliphatic carbocycles. The molecule has 0 saturated carbocycles. The van der Waals surface area contributed by atoms with E-state index >= 15 is 0 Å². The number of unbranched alkanes of at least 4 members (excludes halogenated alkanes) is 2. The zero-order valence-corrected chi connectivity index (χ0v) is 18.9. The van der Waals surface area contributed by atoms with Gasteiger partial charge in [-0.3, -0.25) is 4.79 Å². The lowest BCUT2D eigenvalue weighted by Gasteiger charge is -2.40. The van der Waals surface area contributed by atoms with Gasteiger partial charge in [-0.15, -0.1) is 0 Å². The van der Waals surface area contributed by atoms with Gasteiger partial charge in [0.1, 0.15) is 30.5 Å². The summed E-state index contributed by atoms with van der Waals surface area (Å²) >= 11 is 0. The Morgan fingerprint density at radius 2 is 1.76 bits per heavy atom. The number of hydrogen-bond acceptors (Lipinski definition) is 9. The van der Waals surface area contributed by atoms with E-state index in [-0.39, 0.29) is 18.9 Å². The summed E-state index contributed by atoms with van der Waals surface area (Å²) in [4.78, 5) is 12.4. The lowest BCUT2D eigenvalue weighted by Crippen LogP contribution is -2.60. The highest BCUT2D eigenvalue weighted by Crippen LogP contribution is 2.22. The Labute approximate surface area is 193 Å². The van der Waals surface area contributed by atoms with E-state index in [2.05, 4.69) is 17.4 Å². The number of aryl methyl sites for hydroxylation is 1. The van der Waals surface area contributed by atoms with Crippen LogP contribution in [0.15, 0.2) is 30.3 Å². The molecule has 4 unspecified atom stereocenters. The maximum absolute atomic E-state index is 12.4. The fourth-order valence-electron chi connectivity index (χ4n) is 3.68. The SMILES string of the molecule is C[C@@H](O)[C@@H](O)[C@H](COC1OC(CO)C(O)C(O)[C@@H]1O)NC(=O)CCCCCc1ccccc1. The molecule has 1 saturated heterocycles. The Bertz CT molecular complexity index is 688. The molecule has 1 amide bonds. The summed E-state index contributed by atoms with van der Waals surface area (Å²) in [7, 11) is 0. The van der Waals surface area contributed by atoms with E-state index in [1.54, 1.807) is 0 Å². The van der Waals surface area contributed by atoms with E-state index in [1.165, 1.54) is 12.5 Å². The monoisotopic (exact) mass is 471 g/mol. The number of rotatable bonds is 13. The van der Waals surface area contributed by atoms with Crippen molar-refractivity contribution in [2.75, 3.05) is 13.2 Å². The van der Waals surface area contributed by atoms with Crippen molar-refractivity contribution in [3.63, 3.8) is 0 Å². The van der Waals surface area contributed by atoms with Crippen LogP contribution in [-0.4, -0.2) is 98.7 Å². The third-order valence-electron chi connectivity index (χ3n) is 5.75. The van der Waals surface area contributed by atoms with Gasteiger partial charge in [-0.25, -0.2) is 0 Å². The fraction of sp³-hybridized carbons (Fsp3) is 0.696. The van der Waals surface area contributed by atoms with Crippen LogP contribution in [0.25, 0.3) is 0 Å². The first-order chi connectivity index (χ1) is 15.7. The molecule has 0 aromatic heterocycles. The lowest BCUT2D eigenvalue weighted by atomic mass is 9.99. The van der Waals surface area contributed by atoms with Gasteiger partial charge in [-0.05, 0) is 31.7 Å². The summed E-state index contributed by atoms with van der Waals surface area (Å²) in [5.41, 5.74) is 1.24. The fourth-order valence-corrected chi connectivity index (χ4v) is 3.68. The van der Waals surface area contributed by atoms with Gasteiger partial charge >= 0.3 is 0 Å². The van der Waals surface area contributed by atoms with Crippen LogP contribution >= 0.6 is 0 Å². The van der Waals surface area contributed by atoms with Gasteiger partial charge in [0.15, 0.2) is 6.29 Å². The van der Waals surface area contributed by atoms with Crippen LogP contribution in [0.1, 0.15) is 38.2 Å². The summed E-state index contributed by atoms with van der Waals surface area (Å²) in [6.45, 7) is 0.418. The Kier molecular flexibility index (Phi) is 11.7. The number of hydrogen-bond donors (Lipinski definition) is 7. The first kappa shape index (κ1) is 27.6. The average Bonchev–Trinajstić information content (AvgIpc) is 2.81. The van der Waals surface area contributed by atoms with Gasteiger partial charge < -0.3 is 45.4 Å². The Balaban J connectivity index is 1.81. The lowest BCUT2D eigenvalue weighted by molar-refractivity contribution is -0.303. The molecule has 188 valence electrons. The Morgan fingerprint density at radius 3 is 2.39 bits per heavy atom. The summed E-state index contributed by atoms with van der Waals surface area (Å²) in [6.07, 6.45) is -6.18. The Morgan fingerprint density at radius 1 is 1.06 bits per heavy atom. The largest absolute Gasteiger partial charge is 0.394 e. The second kappa shape index (κ2) is 13.9. The number of amides is 1. The maximum Gasteiger partial charge on any atom is 0.220 e. The van der Waals surface area contributed by atoms with Crippen molar-refractivity contribution < 1.29 is 44.9 Å². The molecule has 7 N–H and O–H groups in total. The number of benzene rings is 1. The van der Waals surface area contributed by atoms with Crippen LogP contribution in [-0.2, 0) is 20.7 Å². The van der Waals surface area contributed by atoms with E-state index in [9.17, 15) is 35.4 Å². The molecule has 1 aliphatic rings. The van der Waals surface area contributed by atoms with Crippen LogP contribution in [0.4, 0.5) is 0 Å². The van der Waals surface area contributed by atoms with Crippen molar-refractivity contribution in [1.82, 2.24) is 5.32 Å². The van der Waals surface area contributed by atoms with Crippen molar-refractivity contribution in [3.8, 4) is 0 Å². The highest BCUT2D eigenvalue weighted by Gasteiger charge is 2.44.